The van der Waals surface area contributed by atoms with Crippen LogP contribution in [0.1, 0.15) is 59.9 Å². The second kappa shape index (κ2) is 12.2. The molecular weight excluding hydrogens is 470 g/mol. The Bertz CT molecular complexity index is 1300. The molecule has 1 aromatic rings. The van der Waals surface area contributed by atoms with Gasteiger partial charge in [-0.25, -0.2) is 4.85 Å². The van der Waals surface area contributed by atoms with Crippen LogP contribution in [0.3, 0.4) is 0 Å². The highest BCUT2D eigenvalue weighted by Gasteiger charge is 2.37. The van der Waals surface area contributed by atoms with Gasteiger partial charge < -0.3 is 14.7 Å². The predicted molar refractivity (Wildman–Crippen MR) is 156 cm³/mol. The van der Waals surface area contributed by atoms with Gasteiger partial charge in [-0.1, -0.05) is 62.4 Å². The van der Waals surface area contributed by atoms with Crippen LogP contribution in [0.15, 0.2) is 88.4 Å². The number of ether oxygens (including phenoxy) is 1. The molecule has 1 aliphatic heterocycles. The Balaban J connectivity index is 1.84. The van der Waals surface area contributed by atoms with Crippen molar-refractivity contribution in [2.45, 2.75) is 60.0 Å². The molecule has 198 valence electrons. The van der Waals surface area contributed by atoms with Crippen LogP contribution in [0.5, 0.6) is 0 Å². The number of nitrogens with zero attached hydrogens (tertiary/aromatic N) is 3. The fraction of sp³-hybridized carbons (Fsp3) is 0.394. The number of aliphatic hydroxyl groups is 1. The highest BCUT2D eigenvalue weighted by molar-refractivity contribution is 5.59. The molecule has 1 heterocycles. The maximum atomic E-state index is 9.76. The summed E-state index contributed by atoms with van der Waals surface area (Å²) in [5, 5.41) is 19.0. The van der Waals surface area contributed by atoms with Crippen LogP contribution in [0.4, 0.5) is 5.69 Å². The molecule has 0 amide bonds. The molecule has 0 atom stereocenters. The molecule has 1 aromatic carbocycles. The van der Waals surface area contributed by atoms with Crippen LogP contribution in [0.2, 0.25) is 0 Å². The van der Waals surface area contributed by atoms with Crippen molar-refractivity contribution in [3.63, 3.8) is 0 Å². The fourth-order valence-electron chi connectivity index (χ4n) is 5.06. The van der Waals surface area contributed by atoms with Crippen LogP contribution < -0.4 is 4.90 Å². The lowest BCUT2D eigenvalue weighted by atomic mass is 9.75. The fourth-order valence-corrected chi connectivity index (χ4v) is 5.06. The standard InChI is InChI=1S/C33H39N3O2/c1-8-36(18-19-37)28-16-14-25(15-17-28)12-13-27-20-26(21-32(3,4)22-27)10-9-11-30-29(23-34)31(24(2)35-7)38-33(30,5)6/h9-17,20,37H,8,18-19,21-22H2,1-6H3/b11-9+,13-12+,26-10-,31-24-. The van der Waals surface area contributed by atoms with E-state index in [-0.39, 0.29) is 12.0 Å². The molecule has 2 aliphatic rings. The minimum absolute atomic E-state index is 0.138. The van der Waals surface area contributed by atoms with E-state index in [1.165, 1.54) is 11.1 Å². The van der Waals surface area contributed by atoms with Gasteiger partial charge in [0.2, 0.25) is 5.70 Å². The number of allylic oxidation sites excluding steroid dienone is 8. The van der Waals surface area contributed by atoms with Gasteiger partial charge in [0.25, 0.3) is 0 Å². The normalized spacial score (nSPS) is 20.9. The van der Waals surface area contributed by atoms with Gasteiger partial charge in [0.1, 0.15) is 17.4 Å². The minimum atomic E-state index is -0.668. The molecule has 0 unspecified atom stereocenters. The van der Waals surface area contributed by atoms with Crippen molar-refractivity contribution in [3.8, 4) is 6.07 Å². The van der Waals surface area contributed by atoms with Gasteiger partial charge in [-0.15, -0.1) is 0 Å². The number of nitriles is 1. The van der Waals surface area contributed by atoms with Gasteiger partial charge in [-0.05, 0) is 74.8 Å². The zero-order valence-electron chi connectivity index (χ0n) is 23.5. The number of rotatable bonds is 8. The van der Waals surface area contributed by atoms with E-state index in [1.54, 1.807) is 6.92 Å². The van der Waals surface area contributed by atoms with Crippen molar-refractivity contribution in [1.82, 2.24) is 0 Å². The quantitative estimate of drug-likeness (QED) is 0.368. The monoisotopic (exact) mass is 509 g/mol. The third-order valence-corrected chi connectivity index (χ3v) is 6.92. The predicted octanol–water partition coefficient (Wildman–Crippen LogP) is 7.53. The van der Waals surface area contributed by atoms with Crippen LogP contribution >= 0.6 is 0 Å². The van der Waals surface area contributed by atoms with Crippen LogP contribution in [-0.2, 0) is 4.74 Å². The van der Waals surface area contributed by atoms with Gasteiger partial charge >= 0.3 is 0 Å². The van der Waals surface area contributed by atoms with Crippen molar-refractivity contribution in [1.29, 1.82) is 5.26 Å². The lowest BCUT2D eigenvalue weighted by Crippen LogP contribution is -2.25. The van der Waals surface area contributed by atoms with E-state index in [0.29, 0.717) is 23.6 Å². The zero-order valence-corrected chi connectivity index (χ0v) is 23.5. The largest absolute Gasteiger partial charge is 0.493 e. The van der Waals surface area contributed by atoms with Crippen molar-refractivity contribution in [3.05, 3.63) is 105 Å². The maximum Gasteiger partial charge on any atom is 0.204 e. The van der Waals surface area contributed by atoms with Gasteiger partial charge in [0.05, 0.1) is 18.8 Å². The van der Waals surface area contributed by atoms with E-state index >= 15 is 0 Å². The first-order valence-electron chi connectivity index (χ1n) is 13.2. The second-order valence-corrected chi connectivity index (χ2v) is 11.1. The summed E-state index contributed by atoms with van der Waals surface area (Å²) in [6.45, 7) is 21.1. The molecule has 0 spiro atoms. The Labute approximate surface area is 228 Å². The second-order valence-electron chi connectivity index (χ2n) is 11.1. The minimum Gasteiger partial charge on any atom is -0.493 e. The number of likely N-dealkylation sites (N-methyl/N-ethyl adjacent to an activating group) is 1. The Kier molecular flexibility index (Phi) is 9.21. The zero-order chi connectivity index (χ0) is 27.9. The third-order valence-electron chi connectivity index (χ3n) is 6.92. The summed E-state index contributed by atoms with van der Waals surface area (Å²) in [6, 6.07) is 10.7. The molecule has 1 aliphatic carbocycles. The molecule has 0 fully saturated rings. The lowest BCUT2D eigenvalue weighted by Gasteiger charge is -2.30. The molecule has 0 aromatic heterocycles. The molecule has 38 heavy (non-hydrogen) atoms. The molecule has 5 nitrogen and oxygen atoms in total. The number of anilines is 1. The molecule has 5 heteroatoms. The molecular formula is C33H39N3O2. The highest BCUT2D eigenvalue weighted by Crippen LogP contribution is 2.41. The van der Waals surface area contributed by atoms with Gasteiger partial charge in [0, 0.05) is 24.4 Å². The molecule has 0 saturated heterocycles. The summed E-state index contributed by atoms with van der Waals surface area (Å²) in [4.78, 5) is 5.62. The summed E-state index contributed by atoms with van der Waals surface area (Å²) in [6.07, 6.45) is 14.6. The number of hydrogen-bond donors (Lipinski definition) is 1. The average Bonchev–Trinajstić information content (AvgIpc) is 3.14. The maximum absolute atomic E-state index is 9.76. The van der Waals surface area contributed by atoms with E-state index in [4.69, 9.17) is 11.3 Å². The Morgan fingerprint density at radius 2 is 1.87 bits per heavy atom. The Morgan fingerprint density at radius 1 is 1.16 bits per heavy atom. The van der Waals surface area contributed by atoms with Crippen LogP contribution in [0, 0.1) is 23.3 Å². The van der Waals surface area contributed by atoms with E-state index in [0.717, 1.165) is 36.2 Å². The third kappa shape index (κ3) is 6.94. The van der Waals surface area contributed by atoms with Gasteiger partial charge in [0.15, 0.2) is 0 Å². The van der Waals surface area contributed by atoms with Crippen molar-refractivity contribution < 1.29 is 9.84 Å². The molecule has 0 radical (unpaired) electrons. The van der Waals surface area contributed by atoms with Crippen molar-refractivity contribution in [2.75, 3.05) is 24.6 Å². The lowest BCUT2D eigenvalue weighted by molar-refractivity contribution is 0.0947. The summed E-state index contributed by atoms with van der Waals surface area (Å²) in [5.41, 5.74) is 5.86. The van der Waals surface area contributed by atoms with E-state index < -0.39 is 5.60 Å². The summed E-state index contributed by atoms with van der Waals surface area (Å²) >= 11 is 0. The summed E-state index contributed by atoms with van der Waals surface area (Å²) in [7, 11) is 0. The topological polar surface area (TPSA) is 60.9 Å². The SMILES string of the molecule is [C-]#[N+]/C(C)=C1\OC(C)(C)C(/C=C/C=C2C=C(/C=C/c3ccc(N(CC)CCO)cc3)CC(C)(C)C/2)=C1C#N. The Morgan fingerprint density at radius 3 is 2.47 bits per heavy atom. The van der Waals surface area contributed by atoms with E-state index in [2.05, 4.69) is 85.2 Å². The van der Waals surface area contributed by atoms with Gasteiger partial charge in [-0.3, -0.25) is 0 Å². The van der Waals surface area contributed by atoms with Crippen LogP contribution in [0.25, 0.3) is 10.9 Å². The van der Waals surface area contributed by atoms with Crippen molar-refractivity contribution >= 4 is 11.8 Å². The van der Waals surface area contributed by atoms with Crippen LogP contribution in [-0.4, -0.2) is 30.4 Å². The van der Waals surface area contributed by atoms with E-state index in [1.807, 2.05) is 26.0 Å². The highest BCUT2D eigenvalue weighted by atomic mass is 16.5. The summed E-state index contributed by atoms with van der Waals surface area (Å²) < 4.78 is 5.99. The number of hydrogen-bond acceptors (Lipinski definition) is 4. The average molecular weight is 510 g/mol. The molecule has 3 rings (SSSR count). The summed E-state index contributed by atoms with van der Waals surface area (Å²) in [5.74, 6) is 0.384. The number of benzene rings is 1. The molecule has 1 N–H and O–H groups in total. The van der Waals surface area contributed by atoms with Gasteiger partial charge in [-0.2, -0.15) is 5.26 Å². The number of aliphatic hydroxyl groups excluding tert-OH is 1. The smallest absolute Gasteiger partial charge is 0.204 e. The first-order valence-corrected chi connectivity index (χ1v) is 13.2. The Hall–Kier alpha value is -3.80. The molecule has 0 saturated carbocycles. The first-order chi connectivity index (χ1) is 18.0. The first kappa shape index (κ1) is 28.8. The van der Waals surface area contributed by atoms with E-state index in [9.17, 15) is 10.4 Å². The van der Waals surface area contributed by atoms with Crippen molar-refractivity contribution in [2.24, 2.45) is 5.41 Å². The molecule has 0 bridgehead atoms.